The summed E-state index contributed by atoms with van der Waals surface area (Å²) >= 11 is 0. The molecule has 1 aromatic rings. The maximum Gasteiger partial charge on any atom is 0.233 e. The van der Waals surface area contributed by atoms with Crippen LogP contribution in [0.1, 0.15) is 12.8 Å². The monoisotopic (exact) mass is 297 g/mol. The van der Waals surface area contributed by atoms with Crippen LogP contribution in [-0.2, 0) is 10.0 Å². The lowest BCUT2D eigenvalue weighted by Crippen LogP contribution is -2.35. The van der Waals surface area contributed by atoms with Crippen molar-refractivity contribution in [1.82, 2.24) is 5.32 Å². The van der Waals surface area contributed by atoms with Gasteiger partial charge in [0, 0.05) is 19.8 Å². The molecule has 6 heteroatoms. The molecule has 1 heterocycles. The minimum absolute atomic E-state index is 0.187. The van der Waals surface area contributed by atoms with Crippen molar-refractivity contribution in [3.05, 3.63) is 24.3 Å². The standard InChI is InChI=1S/C14H23N3O2S/c1-17(2)14-7-3-6-13(9-14)16-20(18,19)11-12-5-4-8-15-10-12/h3,6-7,9,12,15-16H,4-5,8,10-11H2,1-2H3. The third-order valence-corrected chi connectivity index (χ3v) is 4.95. The van der Waals surface area contributed by atoms with Crippen LogP contribution >= 0.6 is 0 Å². The minimum Gasteiger partial charge on any atom is -0.378 e. The lowest BCUT2D eigenvalue weighted by Gasteiger charge is -2.23. The molecule has 0 bridgehead atoms. The number of piperidine rings is 1. The molecule has 2 N–H and O–H groups in total. The van der Waals surface area contributed by atoms with Gasteiger partial charge in [0.1, 0.15) is 0 Å². The van der Waals surface area contributed by atoms with Crippen LogP contribution in [0.25, 0.3) is 0 Å². The van der Waals surface area contributed by atoms with E-state index in [0.717, 1.165) is 31.6 Å². The first kappa shape index (κ1) is 15.1. The maximum absolute atomic E-state index is 12.2. The molecule has 1 atom stereocenters. The molecular weight excluding hydrogens is 274 g/mol. The van der Waals surface area contributed by atoms with Gasteiger partial charge in [-0.1, -0.05) is 6.07 Å². The Morgan fingerprint density at radius 1 is 1.40 bits per heavy atom. The Morgan fingerprint density at radius 3 is 2.85 bits per heavy atom. The first-order chi connectivity index (χ1) is 9.46. The zero-order valence-electron chi connectivity index (χ0n) is 12.1. The van der Waals surface area contributed by atoms with E-state index in [1.807, 2.05) is 37.2 Å². The van der Waals surface area contributed by atoms with Gasteiger partial charge >= 0.3 is 0 Å². The van der Waals surface area contributed by atoms with Gasteiger partial charge in [0.15, 0.2) is 0 Å². The van der Waals surface area contributed by atoms with Crippen LogP contribution in [0.2, 0.25) is 0 Å². The Balaban J connectivity index is 2.02. The number of nitrogens with zero attached hydrogens (tertiary/aromatic N) is 1. The van der Waals surface area contributed by atoms with E-state index in [-0.39, 0.29) is 11.7 Å². The second kappa shape index (κ2) is 6.45. The zero-order valence-corrected chi connectivity index (χ0v) is 12.9. The molecule has 1 fully saturated rings. The number of hydrogen-bond acceptors (Lipinski definition) is 4. The highest BCUT2D eigenvalue weighted by Crippen LogP contribution is 2.20. The van der Waals surface area contributed by atoms with Gasteiger partial charge in [-0.05, 0) is 50.0 Å². The van der Waals surface area contributed by atoms with Crippen molar-refractivity contribution in [1.29, 1.82) is 0 Å². The summed E-state index contributed by atoms with van der Waals surface area (Å²) in [7, 11) is 0.578. The Bertz CT molecular complexity index is 537. The summed E-state index contributed by atoms with van der Waals surface area (Å²) in [5.74, 6) is 0.393. The number of hydrogen-bond donors (Lipinski definition) is 2. The Kier molecular flexibility index (Phi) is 4.88. The molecule has 1 aromatic carbocycles. The van der Waals surface area contributed by atoms with E-state index in [1.165, 1.54) is 0 Å². The fraction of sp³-hybridized carbons (Fsp3) is 0.571. The summed E-state index contributed by atoms with van der Waals surface area (Å²) in [6.45, 7) is 1.79. The minimum atomic E-state index is -3.29. The van der Waals surface area contributed by atoms with Gasteiger partial charge in [0.2, 0.25) is 10.0 Å². The summed E-state index contributed by atoms with van der Waals surface area (Å²) in [6.07, 6.45) is 2.03. The summed E-state index contributed by atoms with van der Waals surface area (Å²) < 4.78 is 27.1. The molecule has 2 rings (SSSR count). The average molecular weight is 297 g/mol. The van der Waals surface area contributed by atoms with Crippen molar-refractivity contribution < 1.29 is 8.42 Å². The van der Waals surface area contributed by atoms with Gasteiger partial charge < -0.3 is 10.2 Å². The van der Waals surface area contributed by atoms with Crippen LogP contribution in [-0.4, -0.2) is 41.4 Å². The smallest absolute Gasteiger partial charge is 0.233 e. The van der Waals surface area contributed by atoms with Crippen LogP contribution < -0.4 is 14.9 Å². The van der Waals surface area contributed by atoms with E-state index < -0.39 is 10.0 Å². The molecule has 1 saturated heterocycles. The van der Waals surface area contributed by atoms with Gasteiger partial charge in [-0.3, -0.25) is 4.72 Å². The first-order valence-electron chi connectivity index (χ1n) is 6.95. The molecule has 5 nitrogen and oxygen atoms in total. The number of sulfonamides is 1. The van der Waals surface area contributed by atoms with Crippen molar-refractivity contribution in [2.75, 3.05) is 42.6 Å². The second-order valence-corrected chi connectivity index (χ2v) is 7.31. The molecular formula is C14H23N3O2S. The number of anilines is 2. The van der Waals surface area contributed by atoms with Crippen molar-refractivity contribution in [3.63, 3.8) is 0 Å². The highest BCUT2D eigenvalue weighted by molar-refractivity contribution is 7.92. The Morgan fingerprint density at radius 2 is 2.20 bits per heavy atom. The third kappa shape index (κ3) is 4.38. The Hall–Kier alpha value is -1.27. The van der Waals surface area contributed by atoms with Gasteiger partial charge in [0.25, 0.3) is 0 Å². The molecule has 20 heavy (non-hydrogen) atoms. The number of benzene rings is 1. The largest absolute Gasteiger partial charge is 0.378 e. The quantitative estimate of drug-likeness (QED) is 0.864. The normalized spacial score (nSPS) is 19.6. The molecule has 0 radical (unpaired) electrons. The van der Waals surface area contributed by atoms with Gasteiger partial charge in [-0.25, -0.2) is 8.42 Å². The molecule has 0 amide bonds. The zero-order chi connectivity index (χ0) is 14.6. The van der Waals surface area contributed by atoms with Crippen LogP contribution in [0.5, 0.6) is 0 Å². The highest BCUT2D eigenvalue weighted by atomic mass is 32.2. The molecule has 0 saturated carbocycles. The van der Waals surface area contributed by atoms with E-state index in [1.54, 1.807) is 6.07 Å². The van der Waals surface area contributed by atoms with Gasteiger partial charge in [-0.2, -0.15) is 0 Å². The fourth-order valence-corrected chi connectivity index (χ4v) is 3.92. The SMILES string of the molecule is CN(C)c1cccc(NS(=O)(=O)CC2CCCNC2)c1. The first-order valence-corrected chi connectivity index (χ1v) is 8.60. The molecule has 1 aliphatic heterocycles. The molecule has 0 aliphatic carbocycles. The lowest BCUT2D eigenvalue weighted by molar-refractivity contribution is 0.404. The summed E-state index contributed by atoms with van der Waals surface area (Å²) in [5, 5.41) is 3.25. The number of nitrogens with one attached hydrogen (secondary N) is 2. The lowest BCUT2D eigenvalue weighted by atomic mass is 10.0. The molecule has 0 spiro atoms. The van der Waals surface area contributed by atoms with Gasteiger partial charge in [0.05, 0.1) is 11.4 Å². The topological polar surface area (TPSA) is 61.4 Å². The van der Waals surface area contributed by atoms with E-state index in [0.29, 0.717) is 5.69 Å². The number of rotatable bonds is 5. The summed E-state index contributed by atoms with van der Waals surface area (Å²) in [5.41, 5.74) is 1.60. The molecule has 1 aliphatic rings. The summed E-state index contributed by atoms with van der Waals surface area (Å²) in [6, 6.07) is 7.43. The van der Waals surface area contributed by atoms with Gasteiger partial charge in [-0.15, -0.1) is 0 Å². The van der Waals surface area contributed by atoms with E-state index in [9.17, 15) is 8.42 Å². The predicted molar refractivity (Wildman–Crippen MR) is 83.8 cm³/mol. The molecule has 112 valence electrons. The highest BCUT2D eigenvalue weighted by Gasteiger charge is 2.21. The van der Waals surface area contributed by atoms with Crippen molar-refractivity contribution >= 4 is 21.4 Å². The average Bonchev–Trinajstić information content (AvgIpc) is 2.39. The molecule has 0 aromatic heterocycles. The van der Waals surface area contributed by atoms with E-state index in [2.05, 4.69) is 10.0 Å². The van der Waals surface area contributed by atoms with E-state index >= 15 is 0 Å². The van der Waals surface area contributed by atoms with Crippen LogP contribution in [0.4, 0.5) is 11.4 Å². The van der Waals surface area contributed by atoms with Crippen molar-refractivity contribution in [2.24, 2.45) is 5.92 Å². The third-order valence-electron chi connectivity index (χ3n) is 3.49. The molecule has 1 unspecified atom stereocenters. The van der Waals surface area contributed by atoms with Crippen LogP contribution in [0, 0.1) is 5.92 Å². The van der Waals surface area contributed by atoms with Crippen molar-refractivity contribution in [3.8, 4) is 0 Å². The predicted octanol–water partition coefficient (Wildman–Crippen LogP) is 1.49. The maximum atomic E-state index is 12.2. The fourth-order valence-electron chi connectivity index (χ4n) is 2.45. The second-order valence-electron chi connectivity index (χ2n) is 5.54. The van der Waals surface area contributed by atoms with Crippen molar-refractivity contribution in [2.45, 2.75) is 12.8 Å². The Labute approximate surface area is 121 Å². The summed E-state index contributed by atoms with van der Waals surface area (Å²) in [4.78, 5) is 1.95. The van der Waals surface area contributed by atoms with E-state index in [4.69, 9.17) is 0 Å². The van der Waals surface area contributed by atoms with Crippen LogP contribution in [0.3, 0.4) is 0 Å². The van der Waals surface area contributed by atoms with Crippen LogP contribution in [0.15, 0.2) is 24.3 Å².